The van der Waals surface area contributed by atoms with Gasteiger partial charge >= 0.3 is 0 Å². The van der Waals surface area contributed by atoms with Gasteiger partial charge in [-0.2, -0.15) is 0 Å². The van der Waals surface area contributed by atoms with Crippen molar-refractivity contribution >= 4 is 11.5 Å². The maximum Gasteiger partial charge on any atom is 0.159 e. The summed E-state index contributed by atoms with van der Waals surface area (Å²) >= 11 is 0. The molecule has 1 aromatic rings. The standard InChI is InChI=1S/C16H24N2O/c1-12(19)13-5-7-14(8-6-13)18-10-9-15(17-4)16(2,3)11-18/h5-8,15,17H,9-11H2,1-4H3. The first-order chi connectivity index (χ1) is 8.94. The van der Waals surface area contributed by atoms with Gasteiger partial charge < -0.3 is 10.2 Å². The Morgan fingerprint density at radius 1 is 1.32 bits per heavy atom. The van der Waals surface area contributed by atoms with Crippen molar-refractivity contribution in [3.8, 4) is 0 Å². The lowest BCUT2D eigenvalue weighted by atomic mass is 9.79. The molecule has 0 spiro atoms. The number of hydrogen-bond donors (Lipinski definition) is 1. The molecule has 1 atom stereocenters. The minimum Gasteiger partial charge on any atom is -0.371 e. The minimum absolute atomic E-state index is 0.126. The fourth-order valence-corrected chi connectivity index (χ4v) is 3.02. The van der Waals surface area contributed by atoms with E-state index in [9.17, 15) is 4.79 Å². The highest BCUT2D eigenvalue weighted by atomic mass is 16.1. The van der Waals surface area contributed by atoms with Gasteiger partial charge in [0.2, 0.25) is 0 Å². The number of nitrogens with one attached hydrogen (secondary N) is 1. The van der Waals surface area contributed by atoms with Crippen LogP contribution < -0.4 is 10.2 Å². The fraction of sp³-hybridized carbons (Fsp3) is 0.562. The van der Waals surface area contributed by atoms with Crippen LogP contribution in [0, 0.1) is 5.41 Å². The highest BCUT2D eigenvalue weighted by Crippen LogP contribution is 2.32. The van der Waals surface area contributed by atoms with Gasteiger partial charge in [-0.1, -0.05) is 13.8 Å². The zero-order chi connectivity index (χ0) is 14.0. The molecule has 1 aliphatic rings. The van der Waals surface area contributed by atoms with Crippen LogP contribution in [0.2, 0.25) is 0 Å². The number of carbonyl (C=O) groups is 1. The molecule has 104 valence electrons. The van der Waals surface area contributed by atoms with Gasteiger partial charge in [0, 0.05) is 30.4 Å². The first-order valence-corrected chi connectivity index (χ1v) is 6.97. The number of benzene rings is 1. The number of rotatable bonds is 3. The molecule has 3 heteroatoms. The third-order valence-corrected chi connectivity index (χ3v) is 4.22. The molecule has 2 rings (SSSR count). The molecule has 1 saturated heterocycles. The van der Waals surface area contributed by atoms with Crippen molar-refractivity contribution in [3.63, 3.8) is 0 Å². The maximum atomic E-state index is 11.3. The Bertz CT molecular complexity index is 450. The number of carbonyl (C=O) groups excluding carboxylic acids is 1. The zero-order valence-electron chi connectivity index (χ0n) is 12.4. The third-order valence-electron chi connectivity index (χ3n) is 4.22. The van der Waals surface area contributed by atoms with Crippen molar-refractivity contribution in [1.82, 2.24) is 5.32 Å². The van der Waals surface area contributed by atoms with Crippen molar-refractivity contribution in [1.29, 1.82) is 0 Å². The van der Waals surface area contributed by atoms with Crippen LogP contribution in [0.25, 0.3) is 0 Å². The lowest BCUT2D eigenvalue weighted by Crippen LogP contribution is -2.53. The molecule has 1 heterocycles. The van der Waals surface area contributed by atoms with E-state index >= 15 is 0 Å². The van der Waals surface area contributed by atoms with Crippen molar-refractivity contribution in [2.45, 2.75) is 33.2 Å². The topological polar surface area (TPSA) is 32.3 Å². The summed E-state index contributed by atoms with van der Waals surface area (Å²) in [6, 6.07) is 8.54. The number of piperidine rings is 1. The number of hydrogen-bond acceptors (Lipinski definition) is 3. The molecule has 3 nitrogen and oxygen atoms in total. The number of nitrogens with zero attached hydrogens (tertiary/aromatic N) is 1. The fourth-order valence-electron chi connectivity index (χ4n) is 3.02. The Hall–Kier alpha value is -1.35. The first-order valence-electron chi connectivity index (χ1n) is 6.97. The molecule has 0 radical (unpaired) electrons. The monoisotopic (exact) mass is 260 g/mol. The van der Waals surface area contributed by atoms with E-state index < -0.39 is 0 Å². The van der Waals surface area contributed by atoms with E-state index in [-0.39, 0.29) is 11.2 Å². The van der Waals surface area contributed by atoms with Gasteiger partial charge in [0.1, 0.15) is 0 Å². The van der Waals surface area contributed by atoms with E-state index in [4.69, 9.17) is 0 Å². The molecule has 1 aromatic carbocycles. The van der Waals surface area contributed by atoms with E-state index in [0.717, 1.165) is 25.1 Å². The second-order valence-electron chi connectivity index (χ2n) is 6.14. The van der Waals surface area contributed by atoms with Crippen LogP contribution in [0.15, 0.2) is 24.3 Å². The molecule has 0 amide bonds. The van der Waals surface area contributed by atoms with Gasteiger partial charge in [-0.15, -0.1) is 0 Å². The van der Waals surface area contributed by atoms with Crippen molar-refractivity contribution in [2.24, 2.45) is 5.41 Å². The van der Waals surface area contributed by atoms with Gasteiger partial charge in [0.15, 0.2) is 5.78 Å². The van der Waals surface area contributed by atoms with Crippen LogP contribution in [0.5, 0.6) is 0 Å². The Kier molecular flexibility index (Phi) is 3.95. The molecule has 1 aliphatic heterocycles. The average molecular weight is 260 g/mol. The van der Waals surface area contributed by atoms with Crippen LogP contribution in [0.3, 0.4) is 0 Å². The predicted octanol–water partition coefficient (Wildman–Crippen LogP) is 2.71. The second-order valence-corrected chi connectivity index (χ2v) is 6.14. The molecule has 1 N–H and O–H groups in total. The van der Waals surface area contributed by atoms with Crippen molar-refractivity contribution in [2.75, 3.05) is 25.0 Å². The molecular weight excluding hydrogens is 236 g/mol. The normalized spacial score (nSPS) is 22.3. The summed E-state index contributed by atoms with van der Waals surface area (Å²) in [6.45, 7) is 8.33. The van der Waals surface area contributed by atoms with E-state index in [0.29, 0.717) is 6.04 Å². The Labute approximate surface area is 116 Å². The van der Waals surface area contributed by atoms with Crippen LogP contribution in [-0.4, -0.2) is 32.0 Å². The molecule has 1 fully saturated rings. The largest absolute Gasteiger partial charge is 0.371 e. The second kappa shape index (κ2) is 5.33. The van der Waals surface area contributed by atoms with Gasteiger partial charge in [0.05, 0.1) is 0 Å². The quantitative estimate of drug-likeness (QED) is 0.848. The zero-order valence-corrected chi connectivity index (χ0v) is 12.4. The van der Waals surface area contributed by atoms with E-state index in [1.807, 2.05) is 19.2 Å². The SMILES string of the molecule is CNC1CCN(c2ccc(C(C)=O)cc2)CC1(C)C. The molecule has 0 saturated carbocycles. The summed E-state index contributed by atoms with van der Waals surface area (Å²) in [4.78, 5) is 13.7. The first kappa shape index (κ1) is 14.1. The summed E-state index contributed by atoms with van der Waals surface area (Å²) in [7, 11) is 2.05. The Morgan fingerprint density at radius 3 is 2.42 bits per heavy atom. The summed E-state index contributed by atoms with van der Waals surface area (Å²) in [5, 5.41) is 3.42. The van der Waals surface area contributed by atoms with E-state index in [1.165, 1.54) is 5.69 Å². The van der Waals surface area contributed by atoms with Crippen LogP contribution in [-0.2, 0) is 0 Å². The predicted molar refractivity (Wildman–Crippen MR) is 79.9 cm³/mol. The van der Waals surface area contributed by atoms with Gasteiger partial charge in [-0.3, -0.25) is 4.79 Å². The summed E-state index contributed by atoms with van der Waals surface area (Å²) in [5.41, 5.74) is 2.26. The molecule has 1 unspecified atom stereocenters. The highest BCUT2D eigenvalue weighted by molar-refractivity contribution is 5.94. The summed E-state index contributed by atoms with van der Waals surface area (Å²) < 4.78 is 0. The number of anilines is 1. The summed E-state index contributed by atoms with van der Waals surface area (Å²) in [6.07, 6.45) is 1.15. The lowest BCUT2D eigenvalue weighted by Gasteiger charge is -2.45. The maximum absolute atomic E-state index is 11.3. The molecule has 0 aromatic heterocycles. The van der Waals surface area contributed by atoms with Crippen LogP contribution >= 0.6 is 0 Å². The average Bonchev–Trinajstić information content (AvgIpc) is 2.37. The summed E-state index contributed by atoms with van der Waals surface area (Å²) in [5.74, 6) is 0.126. The van der Waals surface area contributed by atoms with E-state index in [1.54, 1.807) is 6.92 Å². The molecule has 0 bridgehead atoms. The van der Waals surface area contributed by atoms with Gasteiger partial charge in [0.25, 0.3) is 0 Å². The Morgan fingerprint density at radius 2 is 1.95 bits per heavy atom. The van der Waals surface area contributed by atoms with Crippen molar-refractivity contribution in [3.05, 3.63) is 29.8 Å². The highest BCUT2D eigenvalue weighted by Gasteiger charge is 2.34. The number of ketones is 1. The van der Waals surface area contributed by atoms with Crippen molar-refractivity contribution < 1.29 is 4.79 Å². The third kappa shape index (κ3) is 2.98. The van der Waals surface area contributed by atoms with Crippen LogP contribution in [0.1, 0.15) is 37.6 Å². The van der Waals surface area contributed by atoms with Gasteiger partial charge in [-0.05, 0) is 50.1 Å². The van der Waals surface area contributed by atoms with E-state index in [2.05, 4.69) is 36.2 Å². The molecule has 19 heavy (non-hydrogen) atoms. The smallest absolute Gasteiger partial charge is 0.159 e. The molecule has 0 aliphatic carbocycles. The van der Waals surface area contributed by atoms with Gasteiger partial charge in [-0.25, -0.2) is 0 Å². The minimum atomic E-state index is 0.126. The Balaban J connectivity index is 2.13. The lowest BCUT2D eigenvalue weighted by molar-refractivity contribution is 0.101. The van der Waals surface area contributed by atoms with Crippen LogP contribution in [0.4, 0.5) is 5.69 Å². The number of Topliss-reactive ketones (excluding diaryl/α,β-unsaturated/α-hetero) is 1. The molecular formula is C16H24N2O.